The molecule has 0 saturated carbocycles. The van der Waals surface area contributed by atoms with E-state index in [0.717, 1.165) is 28.3 Å². The van der Waals surface area contributed by atoms with Gasteiger partial charge in [-0.05, 0) is 36.4 Å². The molecule has 0 aliphatic heterocycles. The molecule has 0 amide bonds. The van der Waals surface area contributed by atoms with Crippen LogP contribution in [0.1, 0.15) is 18.1 Å². The number of nitrogens with two attached hydrogens (primary N) is 1. The summed E-state index contributed by atoms with van der Waals surface area (Å²) in [5.74, 6) is 0. The lowest BCUT2D eigenvalue weighted by molar-refractivity contribution is 1.14. The maximum absolute atomic E-state index is 5.89. The molecule has 104 valence electrons. The lowest BCUT2D eigenvalue weighted by atomic mass is 10.1. The summed E-state index contributed by atoms with van der Waals surface area (Å²) < 4.78 is 0. The summed E-state index contributed by atoms with van der Waals surface area (Å²) in [5.41, 5.74) is 10.2. The van der Waals surface area contributed by atoms with Gasteiger partial charge in [-0.3, -0.25) is 0 Å². The van der Waals surface area contributed by atoms with Gasteiger partial charge < -0.3 is 11.1 Å². The normalized spacial score (nSPS) is 10.3. The molecule has 2 rings (SSSR count). The Balaban J connectivity index is 2.46. The number of anilines is 2. The number of benzene rings is 2. The molecule has 4 heteroatoms. The Morgan fingerprint density at radius 2 is 1.85 bits per heavy atom. The average molecular weight is 302 g/mol. The van der Waals surface area contributed by atoms with E-state index in [4.69, 9.17) is 18.0 Å². The first-order chi connectivity index (χ1) is 9.67. The molecular formula is C16H18N2S2. The molecule has 0 unspecified atom stereocenters. The summed E-state index contributed by atoms with van der Waals surface area (Å²) in [5, 5.41) is 3.47. The van der Waals surface area contributed by atoms with E-state index >= 15 is 0 Å². The summed E-state index contributed by atoms with van der Waals surface area (Å²) in [6.07, 6.45) is 3.01. The van der Waals surface area contributed by atoms with E-state index in [1.807, 2.05) is 30.5 Å². The highest BCUT2D eigenvalue weighted by Crippen LogP contribution is 2.30. The van der Waals surface area contributed by atoms with Crippen molar-refractivity contribution in [3.63, 3.8) is 0 Å². The van der Waals surface area contributed by atoms with Crippen molar-refractivity contribution in [3.05, 3.63) is 53.6 Å². The Labute approximate surface area is 129 Å². The van der Waals surface area contributed by atoms with Crippen molar-refractivity contribution < 1.29 is 0 Å². The molecule has 0 fully saturated rings. The molecule has 2 aromatic carbocycles. The van der Waals surface area contributed by atoms with Crippen molar-refractivity contribution in [2.45, 2.75) is 18.2 Å². The number of hydrogen-bond donors (Lipinski definition) is 2. The average Bonchev–Trinajstić information content (AvgIpc) is 2.47. The van der Waals surface area contributed by atoms with Crippen molar-refractivity contribution in [2.24, 2.45) is 5.73 Å². The molecular weight excluding hydrogens is 284 g/mol. The zero-order valence-corrected chi connectivity index (χ0v) is 13.3. The minimum atomic E-state index is 0.423. The fourth-order valence-electron chi connectivity index (χ4n) is 2.16. The third kappa shape index (κ3) is 3.14. The second-order valence-corrected chi connectivity index (χ2v) is 5.67. The zero-order valence-electron chi connectivity index (χ0n) is 11.6. The second kappa shape index (κ2) is 6.77. The standard InChI is InChI=1S/C16H18N2S2/c1-3-11-7-4-5-8-12(11)18-13-9-6-10-14(20-2)15(13)16(17)19/h4-10,18H,3H2,1-2H3,(H2,17,19). The van der Waals surface area contributed by atoms with E-state index < -0.39 is 0 Å². The highest BCUT2D eigenvalue weighted by atomic mass is 32.2. The number of para-hydroxylation sites is 1. The molecule has 0 atom stereocenters. The summed E-state index contributed by atoms with van der Waals surface area (Å²) in [7, 11) is 0. The fraction of sp³-hybridized carbons (Fsp3) is 0.188. The molecule has 0 radical (unpaired) electrons. The first-order valence-electron chi connectivity index (χ1n) is 6.49. The van der Waals surface area contributed by atoms with Crippen molar-refractivity contribution >= 4 is 40.3 Å². The second-order valence-electron chi connectivity index (χ2n) is 4.38. The van der Waals surface area contributed by atoms with Crippen LogP contribution in [0.5, 0.6) is 0 Å². The van der Waals surface area contributed by atoms with Crippen LogP contribution in [0, 0.1) is 0 Å². The number of thiocarbonyl (C=S) groups is 1. The molecule has 0 bridgehead atoms. The number of nitrogens with one attached hydrogen (secondary N) is 1. The molecule has 0 saturated heterocycles. The number of aryl methyl sites for hydroxylation is 1. The zero-order chi connectivity index (χ0) is 14.5. The van der Waals surface area contributed by atoms with Crippen LogP contribution >= 0.6 is 24.0 Å². The third-order valence-electron chi connectivity index (χ3n) is 3.16. The Morgan fingerprint density at radius 1 is 1.15 bits per heavy atom. The van der Waals surface area contributed by atoms with Gasteiger partial charge in [0.2, 0.25) is 0 Å². The maximum Gasteiger partial charge on any atom is 0.107 e. The Bertz CT molecular complexity index is 624. The van der Waals surface area contributed by atoms with Crippen molar-refractivity contribution in [2.75, 3.05) is 11.6 Å². The molecule has 3 N–H and O–H groups in total. The summed E-state index contributed by atoms with van der Waals surface area (Å²) in [6, 6.07) is 14.4. The topological polar surface area (TPSA) is 38.0 Å². The summed E-state index contributed by atoms with van der Waals surface area (Å²) in [6.45, 7) is 2.15. The molecule has 0 spiro atoms. The largest absolute Gasteiger partial charge is 0.389 e. The van der Waals surface area contributed by atoms with Gasteiger partial charge in [-0.1, -0.05) is 43.4 Å². The summed E-state index contributed by atoms with van der Waals surface area (Å²) >= 11 is 6.86. The van der Waals surface area contributed by atoms with Crippen LogP contribution in [-0.4, -0.2) is 11.2 Å². The van der Waals surface area contributed by atoms with Crippen LogP contribution in [0.2, 0.25) is 0 Å². The monoisotopic (exact) mass is 302 g/mol. The van der Waals surface area contributed by atoms with Crippen molar-refractivity contribution in [1.29, 1.82) is 0 Å². The van der Waals surface area contributed by atoms with Crippen molar-refractivity contribution in [3.8, 4) is 0 Å². The van der Waals surface area contributed by atoms with Gasteiger partial charge in [0.05, 0.1) is 0 Å². The first kappa shape index (κ1) is 14.9. The Kier molecular flexibility index (Phi) is 5.04. The Hall–Kier alpha value is -1.52. The molecule has 0 aliphatic carbocycles. The van der Waals surface area contributed by atoms with E-state index in [-0.39, 0.29) is 0 Å². The van der Waals surface area contributed by atoms with Crippen LogP contribution in [0.25, 0.3) is 0 Å². The lowest BCUT2D eigenvalue weighted by Crippen LogP contribution is -2.13. The van der Waals surface area contributed by atoms with E-state index in [1.54, 1.807) is 11.8 Å². The molecule has 0 aliphatic rings. The third-order valence-corrected chi connectivity index (χ3v) is 4.14. The highest BCUT2D eigenvalue weighted by Gasteiger charge is 2.11. The maximum atomic E-state index is 5.89. The van der Waals surface area contributed by atoms with Gasteiger partial charge in [-0.2, -0.15) is 0 Å². The van der Waals surface area contributed by atoms with E-state index in [0.29, 0.717) is 4.99 Å². The van der Waals surface area contributed by atoms with Gasteiger partial charge in [0.1, 0.15) is 4.99 Å². The molecule has 0 aromatic heterocycles. The number of thioether (sulfide) groups is 1. The van der Waals surface area contributed by atoms with Gasteiger partial charge in [0, 0.05) is 21.8 Å². The minimum Gasteiger partial charge on any atom is -0.389 e. The van der Waals surface area contributed by atoms with Crippen LogP contribution in [0.15, 0.2) is 47.4 Å². The van der Waals surface area contributed by atoms with E-state index in [1.165, 1.54) is 5.56 Å². The van der Waals surface area contributed by atoms with Crippen molar-refractivity contribution in [1.82, 2.24) is 0 Å². The first-order valence-corrected chi connectivity index (χ1v) is 8.12. The van der Waals surface area contributed by atoms with Crippen LogP contribution in [-0.2, 0) is 6.42 Å². The summed E-state index contributed by atoms with van der Waals surface area (Å²) in [4.78, 5) is 1.52. The molecule has 20 heavy (non-hydrogen) atoms. The van der Waals surface area contributed by atoms with Gasteiger partial charge in [0.15, 0.2) is 0 Å². The number of rotatable bonds is 5. The smallest absolute Gasteiger partial charge is 0.107 e. The van der Waals surface area contributed by atoms with Crippen LogP contribution < -0.4 is 11.1 Å². The quantitative estimate of drug-likeness (QED) is 0.636. The molecule has 2 aromatic rings. The Morgan fingerprint density at radius 3 is 2.50 bits per heavy atom. The van der Waals surface area contributed by atoms with Crippen LogP contribution in [0.4, 0.5) is 11.4 Å². The lowest BCUT2D eigenvalue weighted by Gasteiger charge is -2.16. The van der Waals surface area contributed by atoms with E-state index in [9.17, 15) is 0 Å². The predicted octanol–water partition coefficient (Wildman–Crippen LogP) is 4.35. The van der Waals surface area contributed by atoms with Gasteiger partial charge in [0.25, 0.3) is 0 Å². The van der Waals surface area contributed by atoms with Gasteiger partial charge in [-0.25, -0.2) is 0 Å². The van der Waals surface area contributed by atoms with E-state index in [2.05, 4.69) is 30.4 Å². The molecule has 0 heterocycles. The van der Waals surface area contributed by atoms with Gasteiger partial charge >= 0.3 is 0 Å². The minimum absolute atomic E-state index is 0.423. The van der Waals surface area contributed by atoms with Crippen LogP contribution in [0.3, 0.4) is 0 Å². The SMILES string of the molecule is CCc1ccccc1Nc1cccc(SC)c1C(N)=S. The number of hydrogen-bond acceptors (Lipinski definition) is 3. The fourth-order valence-corrected chi connectivity index (χ4v) is 3.08. The molecule has 2 nitrogen and oxygen atoms in total. The highest BCUT2D eigenvalue weighted by molar-refractivity contribution is 7.98. The van der Waals surface area contributed by atoms with Gasteiger partial charge in [-0.15, -0.1) is 11.8 Å². The predicted molar refractivity (Wildman–Crippen MR) is 93.2 cm³/mol.